The van der Waals surface area contributed by atoms with Gasteiger partial charge in [-0.05, 0) is 19.9 Å². The molecule has 1 aliphatic heterocycles. The van der Waals surface area contributed by atoms with Crippen molar-refractivity contribution in [3.8, 4) is 5.75 Å². The highest BCUT2D eigenvalue weighted by molar-refractivity contribution is 8.13. The van der Waals surface area contributed by atoms with Gasteiger partial charge in [0.1, 0.15) is 10.8 Å². The highest BCUT2D eigenvalue weighted by Gasteiger charge is 2.33. The van der Waals surface area contributed by atoms with E-state index in [0.717, 1.165) is 10.6 Å². The fourth-order valence-electron chi connectivity index (χ4n) is 1.89. The second kappa shape index (κ2) is 6.83. The normalized spacial score (nSPS) is 21.3. The van der Waals surface area contributed by atoms with Gasteiger partial charge in [-0.3, -0.25) is 0 Å². The molecule has 1 heterocycles. The Balaban J connectivity index is 2.01. The average Bonchev–Trinajstić information content (AvgIpc) is 2.81. The van der Waals surface area contributed by atoms with Gasteiger partial charge in [0, 0.05) is 17.7 Å². The topological polar surface area (TPSA) is 30.8 Å². The summed E-state index contributed by atoms with van der Waals surface area (Å²) in [7, 11) is 0. The Kier molecular flexibility index (Phi) is 5.32. The second-order valence-corrected chi connectivity index (χ2v) is 6.43. The van der Waals surface area contributed by atoms with E-state index >= 15 is 0 Å². The van der Waals surface area contributed by atoms with E-state index in [1.807, 2.05) is 19.9 Å². The summed E-state index contributed by atoms with van der Waals surface area (Å²) in [4.78, 5) is 5.29. The van der Waals surface area contributed by atoms with Crippen molar-refractivity contribution in [2.24, 2.45) is 5.16 Å². The van der Waals surface area contributed by atoms with Gasteiger partial charge in [-0.25, -0.2) is 0 Å². The van der Waals surface area contributed by atoms with Crippen molar-refractivity contribution in [2.45, 2.75) is 38.2 Å². The number of nitrogens with zero attached hydrogens (tertiary/aromatic N) is 1. The third kappa shape index (κ3) is 4.48. The molecule has 1 unspecified atom stereocenters. The molecule has 21 heavy (non-hydrogen) atoms. The van der Waals surface area contributed by atoms with Crippen molar-refractivity contribution in [2.75, 3.05) is 5.88 Å². The van der Waals surface area contributed by atoms with Gasteiger partial charge in [0.15, 0.2) is 5.60 Å². The number of ether oxygens (including phenoxy) is 1. The fraction of sp³-hybridized carbons (Fsp3) is 0.500. The van der Waals surface area contributed by atoms with Crippen molar-refractivity contribution in [1.82, 2.24) is 0 Å². The number of hydrogen-bond donors (Lipinski definition) is 0. The standard InChI is InChI=1S/C14H16ClF2NO2S/c1-9-3-4-11(19-13(16)17)10(5-9)7-21-12-6-14(2,8-15)20-18-12/h3-5,13H,6-8H2,1-2H3. The first-order chi connectivity index (χ1) is 9.92. The lowest BCUT2D eigenvalue weighted by molar-refractivity contribution is -0.0503. The number of aryl methyl sites for hydroxylation is 1. The van der Waals surface area contributed by atoms with Crippen LogP contribution in [0.5, 0.6) is 5.75 Å². The van der Waals surface area contributed by atoms with E-state index in [-0.39, 0.29) is 5.75 Å². The van der Waals surface area contributed by atoms with Gasteiger partial charge < -0.3 is 9.57 Å². The van der Waals surface area contributed by atoms with E-state index in [1.54, 1.807) is 12.1 Å². The largest absolute Gasteiger partial charge is 0.435 e. The average molecular weight is 336 g/mol. The minimum Gasteiger partial charge on any atom is -0.435 e. The van der Waals surface area contributed by atoms with E-state index in [1.165, 1.54) is 11.8 Å². The Morgan fingerprint density at radius 3 is 2.90 bits per heavy atom. The molecule has 0 radical (unpaired) electrons. The molecule has 0 amide bonds. The lowest BCUT2D eigenvalue weighted by Crippen LogP contribution is -2.26. The first kappa shape index (κ1) is 16.4. The molecular formula is C14H16ClF2NO2S. The maximum atomic E-state index is 12.4. The van der Waals surface area contributed by atoms with Crippen molar-refractivity contribution in [3.63, 3.8) is 0 Å². The van der Waals surface area contributed by atoms with Gasteiger partial charge in [0.05, 0.1) is 5.88 Å². The zero-order valence-electron chi connectivity index (χ0n) is 11.7. The van der Waals surface area contributed by atoms with Gasteiger partial charge in [-0.15, -0.1) is 23.4 Å². The minimum atomic E-state index is -2.83. The van der Waals surface area contributed by atoms with Gasteiger partial charge in [-0.2, -0.15) is 8.78 Å². The molecule has 1 atom stereocenters. The number of benzene rings is 1. The van der Waals surface area contributed by atoms with Crippen LogP contribution < -0.4 is 4.74 Å². The number of halogens is 3. The van der Waals surface area contributed by atoms with Crippen LogP contribution in [0.15, 0.2) is 23.4 Å². The van der Waals surface area contributed by atoms with Crippen LogP contribution in [-0.2, 0) is 10.6 Å². The summed E-state index contributed by atoms with van der Waals surface area (Å²) in [6, 6.07) is 5.14. The summed E-state index contributed by atoms with van der Waals surface area (Å²) in [5.41, 5.74) is 1.23. The molecule has 0 bridgehead atoms. The van der Waals surface area contributed by atoms with Crippen molar-refractivity contribution < 1.29 is 18.4 Å². The fourth-order valence-corrected chi connectivity index (χ4v) is 3.08. The highest BCUT2D eigenvalue weighted by Crippen LogP contribution is 2.33. The summed E-state index contributed by atoms with van der Waals surface area (Å²) in [5, 5.41) is 4.80. The second-order valence-electron chi connectivity index (χ2n) is 5.11. The molecule has 0 spiro atoms. The molecule has 0 aromatic heterocycles. The molecule has 1 aromatic carbocycles. The number of oxime groups is 1. The lowest BCUT2D eigenvalue weighted by atomic mass is 10.1. The van der Waals surface area contributed by atoms with E-state index in [9.17, 15) is 8.78 Å². The van der Waals surface area contributed by atoms with Crippen LogP contribution in [0.1, 0.15) is 24.5 Å². The van der Waals surface area contributed by atoms with Crippen LogP contribution in [0.4, 0.5) is 8.78 Å². The number of rotatable bonds is 5. The van der Waals surface area contributed by atoms with Crippen LogP contribution in [0.25, 0.3) is 0 Å². The van der Waals surface area contributed by atoms with Crippen LogP contribution >= 0.6 is 23.4 Å². The summed E-state index contributed by atoms with van der Waals surface area (Å²) in [5.74, 6) is 1.04. The number of alkyl halides is 3. The van der Waals surface area contributed by atoms with Gasteiger partial charge in [0.2, 0.25) is 0 Å². The van der Waals surface area contributed by atoms with E-state index < -0.39 is 12.2 Å². The van der Waals surface area contributed by atoms with Crippen LogP contribution in [0.3, 0.4) is 0 Å². The Morgan fingerprint density at radius 2 is 2.29 bits per heavy atom. The molecule has 7 heteroatoms. The van der Waals surface area contributed by atoms with Crippen LogP contribution in [0, 0.1) is 6.92 Å². The highest BCUT2D eigenvalue weighted by atomic mass is 35.5. The molecule has 2 rings (SSSR count). The molecule has 3 nitrogen and oxygen atoms in total. The van der Waals surface area contributed by atoms with Crippen LogP contribution in [0.2, 0.25) is 0 Å². The molecule has 0 N–H and O–H groups in total. The minimum absolute atomic E-state index is 0.197. The molecule has 0 saturated carbocycles. The SMILES string of the molecule is Cc1ccc(OC(F)F)c(CSC2=NOC(C)(CCl)C2)c1. The van der Waals surface area contributed by atoms with E-state index in [2.05, 4.69) is 9.89 Å². The Morgan fingerprint density at radius 1 is 1.52 bits per heavy atom. The lowest BCUT2D eigenvalue weighted by Gasteiger charge is -2.16. The monoisotopic (exact) mass is 335 g/mol. The Bertz CT molecular complexity index is 542. The molecule has 1 aromatic rings. The molecular weight excluding hydrogens is 320 g/mol. The van der Waals surface area contributed by atoms with Gasteiger partial charge in [-0.1, -0.05) is 22.9 Å². The predicted molar refractivity (Wildman–Crippen MR) is 81.4 cm³/mol. The Labute approximate surface area is 131 Å². The van der Waals surface area contributed by atoms with E-state index in [4.69, 9.17) is 16.4 Å². The number of hydrogen-bond acceptors (Lipinski definition) is 4. The number of thioether (sulfide) groups is 1. The van der Waals surface area contributed by atoms with Gasteiger partial charge >= 0.3 is 6.61 Å². The molecule has 0 aliphatic carbocycles. The van der Waals surface area contributed by atoms with Crippen molar-refractivity contribution >= 4 is 28.4 Å². The first-order valence-electron chi connectivity index (χ1n) is 6.40. The third-order valence-corrected chi connectivity index (χ3v) is 4.57. The molecule has 0 saturated heterocycles. The van der Waals surface area contributed by atoms with Crippen LogP contribution in [-0.4, -0.2) is 23.1 Å². The van der Waals surface area contributed by atoms with Gasteiger partial charge in [0.25, 0.3) is 0 Å². The predicted octanol–water partition coefficient (Wildman–Crippen LogP) is 4.56. The smallest absolute Gasteiger partial charge is 0.387 e. The maximum Gasteiger partial charge on any atom is 0.387 e. The molecule has 116 valence electrons. The van der Waals surface area contributed by atoms with E-state index in [0.29, 0.717) is 23.6 Å². The maximum absolute atomic E-state index is 12.4. The van der Waals surface area contributed by atoms with Crippen molar-refractivity contribution in [3.05, 3.63) is 29.3 Å². The zero-order chi connectivity index (χ0) is 15.5. The zero-order valence-corrected chi connectivity index (χ0v) is 13.3. The first-order valence-corrected chi connectivity index (χ1v) is 7.92. The quantitative estimate of drug-likeness (QED) is 0.739. The summed E-state index contributed by atoms with van der Waals surface area (Å²) < 4.78 is 29.3. The third-order valence-electron chi connectivity index (χ3n) is 3.00. The van der Waals surface area contributed by atoms with Crippen molar-refractivity contribution in [1.29, 1.82) is 0 Å². The summed E-state index contributed by atoms with van der Waals surface area (Å²) in [6.45, 7) is 0.957. The summed E-state index contributed by atoms with van der Waals surface area (Å²) in [6.07, 6.45) is 0.623. The summed E-state index contributed by atoms with van der Waals surface area (Å²) >= 11 is 7.27. The molecule has 0 fully saturated rings. The molecule has 1 aliphatic rings. The Hall–Kier alpha value is -1.01.